The van der Waals surface area contributed by atoms with Crippen LogP contribution in [-0.2, 0) is 0 Å². The van der Waals surface area contributed by atoms with Crippen molar-refractivity contribution in [3.05, 3.63) is 37.1 Å². The van der Waals surface area contributed by atoms with E-state index in [0.29, 0.717) is 6.04 Å². The minimum Gasteiger partial charge on any atom is -0.379 e. The van der Waals surface area contributed by atoms with E-state index >= 15 is 0 Å². The molecule has 3 fully saturated rings. The van der Waals surface area contributed by atoms with Gasteiger partial charge in [-0.3, -0.25) is 4.57 Å². The average Bonchev–Trinajstić information content (AvgIpc) is 3.04. The number of nitrogens with one attached hydrogen (secondary N) is 1. The van der Waals surface area contributed by atoms with Crippen LogP contribution < -0.4 is 5.32 Å². The van der Waals surface area contributed by atoms with Gasteiger partial charge in [0.2, 0.25) is 0 Å². The number of imidazole rings is 1. The normalized spacial score (nSPS) is 28.5. The summed E-state index contributed by atoms with van der Waals surface area (Å²) in [6.07, 6.45) is 10.0. The molecule has 3 saturated heterocycles. The Morgan fingerprint density at radius 1 is 1.20 bits per heavy atom. The van der Waals surface area contributed by atoms with Gasteiger partial charge in [-0.25, -0.2) is 9.97 Å². The molecule has 20 heavy (non-hydrogen) atoms. The van der Waals surface area contributed by atoms with Crippen LogP contribution in [0.15, 0.2) is 37.1 Å². The Morgan fingerprint density at radius 3 is 2.70 bits per heavy atom. The van der Waals surface area contributed by atoms with Crippen molar-refractivity contribution in [1.29, 1.82) is 0 Å². The lowest BCUT2D eigenvalue weighted by molar-refractivity contribution is 0.0975. The SMILES string of the molecule is c1cn(-c2ccc(NC3CN4CCC3CC4)cn2)cn1. The number of fused-ring (bicyclic) bond motifs is 3. The molecule has 5 heteroatoms. The number of pyridine rings is 1. The lowest BCUT2D eigenvalue weighted by atomic mass is 9.84. The summed E-state index contributed by atoms with van der Waals surface area (Å²) in [5.41, 5.74) is 1.12. The van der Waals surface area contributed by atoms with Crippen molar-refractivity contribution in [3.8, 4) is 5.82 Å². The van der Waals surface area contributed by atoms with Crippen molar-refractivity contribution >= 4 is 5.69 Å². The fourth-order valence-electron chi connectivity index (χ4n) is 3.36. The van der Waals surface area contributed by atoms with Crippen molar-refractivity contribution in [3.63, 3.8) is 0 Å². The van der Waals surface area contributed by atoms with E-state index in [1.54, 1.807) is 12.5 Å². The molecular weight excluding hydrogens is 250 g/mol. The van der Waals surface area contributed by atoms with Crippen LogP contribution in [0.1, 0.15) is 12.8 Å². The van der Waals surface area contributed by atoms with E-state index in [4.69, 9.17) is 0 Å². The molecule has 1 atom stereocenters. The Morgan fingerprint density at radius 2 is 2.10 bits per heavy atom. The molecule has 0 spiro atoms. The minimum absolute atomic E-state index is 0.582. The monoisotopic (exact) mass is 269 g/mol. The van der Waals surface area contributed by atoms with Crippen LogP contribution in [0.5, 0.6) is 0 Å². The standard InChI is InChI=1S/C15H19N5/c1-2-15(20-8-5-16-11-20)17-9-13(1)18-14-10-19-6-3-12(14)4-7-19/h1-2,5,8-9,11-12,14,18H,3-4,6-7,10H2. The zero-order chi connectivity index (χ0) is 13.4. The van der Waals surface area contributed by atoms with Gasteiger partial charge in [0.1, 0.15) is 12.1 Å². The zero-order valence-corrected chi connectivity index (χ0v) is 11.4. The highest BCUT2D eigenvalue weighted by Gasteiger charge is 2.33. The summed E-state index contributed by atoms with van der Waals surface area (Å²) in [6, 6.07) is 4.73. The molecule has 0 aromatic carbocycles. The molecule has 5 rings (SSSR count). The van der Waals surface area contributed by atoms with Crippen LogP contribution in [0.3, 0.4) is 0 Å². The van der Waals surface area contributed by atoms with E-state index < -0.39 is 0 Å². The average molecular weight is 269 g/mol. The maximum Gasteiger partial charge on any atom is 0.137 e. The molecule has 0 aliphatic carbocycles. The molecule has 2 bridgehead atoms. The molecule has 1 unspecified atom stereocenters. The molecule has 0 amide bonds. The fraction of sp³-hybridized carbons (Fsp3) is 0.467. The van der Waals surface area contributed by atoms with Crippen LogP contribution in [0.4, 0.5) is 5.69 Å². The molecule has 0 radical (unpaired) electrons. The first-order chi connectivity index (χ1) is 9.88. The van der Waals surface area contributed by atoms with Crippen molar-refractivity contribution in [1.82, 2.24) is 19.4 Å². The van der Waals surface area contributed by atoms with Crippen LogP contribution in [-0.4, -0.2) is 45.1 Å². The fourth-order valence-corrected chi connectivity index (χ4v) is 3.36. The molecule has 2 aromatic heterocycles. The molecule has 3 aliphatic heterocycles. The number of piperidine rings is 3. The molecule has 2 aromatic rings. The summed E-state index contributed by atoms with van der Waals surface area (Å²) < 4.78 is 1.91. The van der Waals surface area contributed by atoms with Crippen LogP contribution in [0.25, 0.3) is 5.82 Å². The van der Waals surface area contributed by atoms with Gasteiger partial charge in [-0.15, -0.1) is 0 Å². The predicted molar refractivity (Wildman–Crippen MR) is 77.9 cm³/mol. The summed E-state index contributed by atoms with van der Waals surface area (Å²) in [7, 11) is 0. The molecule has 3 aliphatic rings. The summed E-state index contributed by atoms with van der Waals surface area (Å²) in [6.45, 7) is 3.73. The van der Waals surface area contributed by atoms with Gasteiger partial charge in [-0.2, -0.15) is 0 Å². The molecule has 1 N–H and O–H groups in total. The van der Waals surface area contributed by atoms with E-state index in [2.05, 4.69) is 26.3 Å². The Hall–Kier alpha value is -1.88. The van der Waals surface area contributed by atoms with Gasteiger partial charge in [0.25, 0.3) is 0 Å². The highest BCUT2D eigenvalue weighted by Crippen LogP contribution is 2.29. The third kappa shape index (κ3) is 2.18. The Kier molecular flexibility index (Phi) is 2.92. The van der Waals surface area contributed by atoms with E-state index in [1.807, 2.05) is 23.0 Å². The Balaban J connectivity index is 1.47. The van der Waals surface area contributed by atoms with Gasteiger partial charge in [-0.1, -0.05) is 0 Å². The van der Waals surface area contributed by atoms with Crippen molar-refractivity contribution in [2.75, 3.05) is 25.0 Å². The largest absolute Gasteiger partial charge is 0.379 e. The molecule has 0 saturated carbocycles. The first-order valence-electron chi connectivity index (χ1n) is 7.32. The predicted octanol–water partition coefficient (Wildman–Crippen LogP) is 1.77. The summed E-state index contributed by atoms with van der Waals surface area (Å²) in [4.78, 5) is 11.1. The maximum absolute atomic E-state index is 4.50. The number of anilines is 1. The molecule has 5 heterocycles. The highest BCUT2D eigenvalue weighted by molar-refractivity contribution is 5.45. The lowest BCUT2D eigenvalue weighted by Gasteiger charge is -2.45. The van der Waals surface area contributed by atoms with Gasteiger partial charge in [0.05, 0.1) is 11.9 Å². The quantitative estimate of drug-likeness (QED) is 0.922. The van der Waals surface area contributed by atoms with Crippen LogP contribution in [0.2, 0.25) is 0 Å². The van der Waals surface area contributed by atoms with Gasteiger partial charge >= 0.3 is 0 Å². The Bertz CT molecular complexity index is 554. The van der Waals surface area contributed by atoms with Crippen LogP contribution >= 0.6 is 0 Å². The number of rotatable bonds is 3. The second-order valence-electron chi connectivity index (χ2n) is 5.76. The van der Waals surface area contributed by atoms with E-state index in [0.717, 1.165) is 17.4 Å². The van der Waals surface area contributed by atoms with Gasteiger partial charge in [0, 0.05) is 25.0 Å². The zero-order valence-electron chi connectivity index (χ0n) is 11.4. The first kappa shape index (κ1) is 11.9. The van der Waals surface area contributed by atoms with Gasteiger partial charge < -0.3 is 10.2 Å². The second-order valence-corrected chi connectivity index (χ2v) is 5.76. The lowest BCUT2D eigenvalue weighted by Crippen LogP contribution is -2.53. The second kappa shape index (κ2) is 4.90. The molecule has 5 nitrogen and oxygen atoms in total. The van der Waals surface area contributed by atoms with Gasteiger partial charge in [0.15, 0.2) is 0 Å². The molecule has 104 valence electrons. The van der Waals surface area contributed by atoms with Crippen LogP contribution in [0, 0.1) is 5.92 Å². The molecular formula is C15H19N5. The third-order valence-electron chi connectivity index (χ3n) is 4.53. The topological polar surface area (TPSA) is 46.0 Å². The van der Waals surface area contributed by atoms with Gasteiger partial charge in [-0.05, 0) is 44.0 Å². The van der Waals surface area contributed by atoms with Crippen molar-refractivity contribution in [2.24, 2.45) is 5.92 Å². The number of hydrogen-bond donors (Lipinski definition) is 1. The smallest absolute Gasteiger partial charge is 0.137 e. The minimum atomic E-state index is 0.582. The number of hydrogen-bond acceptors (Lipinski definition) is 4. The summed E-state index contributed by atoms with van der Waals surface area (Å²) in [5, 5.41) is 3.66. The van der Waals surface area contributed by atoms with Crippen molar-refractivity contribution in [2.45, 2.75) is 18.9 Å². The third-order valence-corrected chi connectivity index (χ3v) is 4.53. The number of nitrogens with zero attached hydrogens (tertiary/aromatic N) is 4. The van der Waals surface area contributed by atoms with Crippen molar-refractivity contribution < 1.29 is 0 Å². The Labute approximate surface area is 118 Å². The van der Waals surface area contributed by atoms with E-state index in [9.17, 15) is 0 Å². The highest BCUT2D eigenvalue weighted by atomic mass is 15.2. The van der Waals surface area contributed by atoms with E-state index in [-0.39, 0.29) is 0 Å². The number of aromatic nitrogens is 3. The summed E-state index contributed by atoms with van der Waals surface area (Å²) in [5.74, 6) is 1.73. The summed E-state index contributed by atoms with van der Waals surface area (Å²) >= 11 is 0. The maximum atomic E-state index is 4.50. The first-order valence-corrected chi connectivity index (χ1v) is 7.32. The van der Waals surface area contributed by atoms with E-state index in [1.165, 1.54) is 32.5 Å².